The molecule has 0 saturated carbocycles. The molecule has 1 atom stereocenters. The molecule has 3 nitrogen and oxygen atoms in total. The van der Waals surface area contributed by atoms with Crippen molar-refractivity contribution in [3.63, 3.8) is 0 Å². The van der Waals surface area contributed by atoms with Crippen LogP contribution in [0.3, 0.4) is 0 Å². The Hall–Kier alpha value is -0.290. The van der Waals surface area contributed by atoms with Gasteiger partial charge in [-0.1, -0.05) is 0 Å². The van der Waals surface area contributed by atoms with Crippen LogP contribution in [-0.4, -0.2) is 37.8 Å². The van der Waals surface area contributed by atoms with E-state index in [9.17, 15) is 4.39 Å². The number of nitrogens with zero attached hydrogens (tertiary/aromatic N) is 1. The Morgan fingerprint density at radius 1 is 1.35 bits per heavy atom. The number of rotatable bonds is 3. The van der Waals surface area contributed by atoms with Crippen molar-refractivity contribution in [3.8, 4) is 0 Å². The maximum absolute atomic E-state index is 13.0. The molecule has 2 heterocycles. The number of furan rings is 1. The van der Waals surface area contributed by atoms with E-state index in [0.29, 0.717) is 0 Å². The first-order chi connectivity index (χ1) is 7.31. The summed E-state index contributed by atoms with van der Waals surface area (Å²) < 4.78 is 18.5. The van der Waals surface area contributed by atoms with Gasteiger partial charge in [0.2, 0.25) is 0 Å². The number of piperazine rings is 1. The second kappa shape index (κ2) is 7.93. The van der Waals surface area contributed by atoms with E-state index in [2.05, 4.69) is 10.2 Å². The minimum atomic E-state index is -0.382. The van der Waals surface area contributed by atoms with Crippen molar-refractivity contribution in [2.75, 3.05) is 32.9 Å². The predicted octanol–water partition coefficient (Wildman–Crippen LogP) is 2.35. The lowest BCUT2D eigenvalue weighted by Crippen LogP contribution is -2.45. The van der Waals surface area contributed by atoms with Crippen LogP contribution in [0.5, 0.6) is 0 Å². The maximum atomic E-state index is 13.0. The molecule has 0 aliphatic carbocycles. The van der Waals surface area contributed by atoms with E-state index < -0.39 is 0 Å². The minimum Gasteiger partial charge on any atom is -0.465 e. The number of hydrogen-bond acceptors (Lipinski definition) is 3. The standard InChI is InChI=1S/C11H17FN2O.2ClH/c1-9-2-3-11(15-9)10(8-12)14-6-4-13-5-7-14;;/h2-3,10,13H,4-8H2,1H3;2*1H/t10-;;/m1../s1. The molecule has 0 amide bonds. The van der Waals surface area contributed by atoms with Gasteiger partial charge < -0.3 is 9.73 Å². The fourth-order valence-electron chi connectivity index (χ4n) is 1.98. The molecule has 1 aliphatic heterocycles. The van der Waals surface area contributed by atoms with E-state index in [1.807, 2.05) is 19.1 Å². The summed E-state index contributed by atoms with van der Waals surface area (Å²) in [7, 11) is 0. The van der Waals surface area contributed by atoms with Gasteiger partial charge in [0.15, 0.2) is 0 Å². The molecule has 0 spiro atoms. The van der Waals surface area contributed by atoms with Crippen LogP contribution in [0, 0.1) is 6.92 Å². The van der Waals surface area contributed by atoms with Gasteiger partial charge in [-0.05, 0) is 19.1 Å². The lowest BCUT2D eigenvalue weighted by Gasteiger charge is -2.32. The first kappa shape index (κ1) is 16.7. The van der Waals surface area contributed by atoms with Crippen molar-refractivity contribution in [3.05, 3.63) is 23.7 Å². The Balaban J connectivity index is 0.00000128. The zero-order valence-electron chi connectivity index (χ0n) is 9.82. The van der Waals surface area contributed by atoms with Gasteiger partial charge in [-0.2, -0.15) is 0 Å². The molecular formula is C11H19Cl2FN2O. The number of hydrogen-bond donors (Lipinski definition) is 1. The molecule has 1 aromatic rings. The third kappa shape index (κ3) is 4.14. The van der Waals surface area contributed by atoms with E-state index in [0.717, 1.165) is 37.7 Å². The van der Waals surface area contributed by atoms with Crippen LogP contribution in [0.4, 0.5) is 4.39 Å². The number of halogens is 3. The van der Waals surface area contributed by atoms with Crippen LogP contribution in [0.15, 0.2) is 16.5 Å². The average Bonchev–Trinajstić information content (AvgIpc) is 2.68. The van der Waals surface area contributed by atoms with Gasteiger partial charge in [-0.25, -0.2) is 4.39 Å². The Kier molecular flexibility index (Phi) is 7.79. The summed E-state index contributed by atoms with van der Waals surface area (Å²) >= 11 is 0. The van der Waals surface area contributed by atoms with Gasteiger partial charge in [0.1, 0.15) is 18.2 Å². The predicted molar refractivity (Wildman–Crippen MR) is 71.1 cm³/mol. The van der Waals surface area contributed by atoms with Crippen LogP contribution in [0.25, 0.3) is 0 Å². The summed E-state index contributed by atoms with van der Waals surface area (Å²) in [6.07, 6.45) is 0. The van der Waals surface area contributed by atoms with Crippen LogP contribution in [0.1, 0.15) is 17.6 Å². The van der Waals surface area contributed by atoms with Gasteiger partial charge in [-0.15, -0.1) is 24.8 Å². The largest absolute Gasteiger partial charge is 0.465 e. The lowest BCUT2D eigenvalue weighted by atomic mass is 10.2. The van der Waals surface area contributed by atoms with Crippen molar-refractivity contribution in [1.29, 1.82) is 0 Å². The minimum absolute atomic E-state index is 0. The Morgan fingerprint density at radius 2 is 2.00 bits per heavy atom. The first-order valence-corrected chi connectivity index (χ1v) is 5.38. The third-order valence-electron chi connectivity index (χ3n) is 2.83. The van der Waals surface area contributed by atoms with Crippen LogP contribution >= 0.6 is 24.8 Å². The molecule has 1 aliphatic rings. The highest BCUT2D eigenvalue weighted by atomic mass is 35.5. The molecule has 1 N–H and O–H groups in total. The van der Waals surface area contributed by atoms with Crippen molar-refractivity contribution in [1.82, 2.24) is 10.2 Å². The zero-order valence-corrected chi connectivity index (χ0v) is 11.5. The van der Waals surface area contributed by atoms with E-state index >= 15 is 0 Å². The molecule has 2 rings (SSSR count). The summed E-state index contributed by atoms with van der Waals surface area (Å²) in [5.41, 5.74) is 0. The maximum Gasteiger partial charge on any atom is 0.123 e. The highest BCUT2D eigenvalue weighted by Crippen LogP contribution is 2.23. The average molecular weight is 285 g/mol. The Labute approximate surface area is 114 Å². The molecule has 1 saturated heterocycles. The number of alkyl halides is 1. The number of aryl methyl sites for hydroxylation is 1. The van der Waals surface area contributed by atoms with Crippen molar-refractivity contribution >= 4 is 24.8 Å². The summed E-state index contributed by atoms with van der Waals surface area (Å²) in [5, 5.41) is 3.26. The van der Waals surface area contributed by atoms with E-state index in [1.165, 1.54) is 0 Å². The topological polar surface area (TPSA) is 28.4 Å². The highest BCUT2D eigenvalue weighted by Gasteiger charge is 2.24. The normalized spacial score (nSPS) is 18.0. The molecule has 100 valence electrons. The molecule has 17 heavy (non-hydrogen) atoms. The molecule has 0 bridgehead atoms. The Morgan fingerprint density at radius 3 is 2.47 bits per heavy atom. The Bertz CT molecular complexity index is 316. The zero-order chi connectivity index (χ0) is 10.7. The fraction of sp³-hybridized carbons (Fsp3) is 0.636. The highest BCUT2D eigenvalue weighted by molar-refractivity contribution is 5.85. The molecular weight excluding hydrogens is 266 g/mol. The van der Waals surface area contributed by atoms with Crippen molar-refractivity contribution in [2.45, 2.75) is 13.0 Å². The van der Waals surface area contributed by atoms with Crippen LogP contribution in [0.2, 0.25) is 0 Å². The van der Waals surface area contributed by atoms with E-state index in [4.69, 9.17) is 4.42 Å². The summed E-state index contributed by atoms with van der Waals surface area (Å²) in [6, 6.07) is 3.56. The van der Waals surface area contributed by atoms with E-state index in [1.54, 1.807) is 0 Å². The van der Waals surface area contributed by atoms with Gasteiger partial charge in [0.05, 0.1) is 6.04 Å². The lowest BCUT2D eigenvalue weighted by molar-refractivity contribution is 0.129. The van der Waals surface area contributed by atoms with Crippen molar-refractivity contribution < 1.29 is 8.81 Å². The number of nitrogens with one attached hydrogen (secondary N) is 1. The molecule has 1 aromatic heterocycles. The first-order valence-electron chi connectivity index (χ1n) is 5.38. The van der Waals surface area contributed by atoms with Crippen LogP contribution < -0.4 is 5.32 Å². The van der Waals surface area contributed by atoms with Crippen molar-refractivity contribution in [2.24, 2.45) is 0 Å². The SMILES string of the molecule is Cc1ccc([C@@H](CF)N2CCNCC2)o1.Cl.Cl. The molecule has 0 aromatic carbocycles. The van der Waals surface area contributed by atoms with E-state index in [-0.39, 0.29) is 37.5 Å². The summed E-state index contributed by atoms with van der Waals surface area (Å²) in [6.45, 7) is 5.12. The summed E-state index contributed by atoms with van der Waals surface area (Å²) in [4.78, 5) is 2.13. The summed E-state index contributed by atoms with van der Waals surface area (Å²) in [5.74, 6) is 1.59. The van der Waals surface area contributed by atoms with Gasteiger partial charge in [0, 0.05) is 26.2 Å². The third-order valence-corrected chi connectivity index (χ3v) is 2.83. The molecule has 1 fully saturated rings. The fourth-order valence-corrected chi connectivity index (χ4v) is 1.98. The smallest absolute Gasteiger partial charge is 0.123 e. The molecule has 0 radical (unpaired) electrons. The molecule has 6 heteroatoms. The van der Waals surface area contributed by atoms with Gasteiger partial charge in [-0.3, -0.25) is 4.90 Å². The quantitative estimate of drug-likeness (QED) is 0.924. The monoisotopic (exact) mass is 284 g/mol. The second-order valence-corrected chi connectivity index (χ2v) is 3.90. The van der Waals surface area contributed by atoms with Gasteiger partial charge >= 0.3 is 0 Å². The van der Waals surface area contributed by atoms with Crippen LogP contribution in [-0.2, 0) is 0 Å². The second-order valence-electron chi connectivity index (χ2n) is 3.90. The molecule has 0 unspecified atom stereocenters. The van der Waals surface area contributed by atoms with Gasteiger partial charge in [0.25, 0.3) is 0 Å².